The molecule has 8 heteroatoms. The fourth-order valence-electron chi connectivity index (χ4n) is 3.03. The number of nitrogens with two attached hydrogens (primary N) is 1. The van der Waals surface area contributed by atoms with Crippen molar-refractivity contribution in [2.75, 3.05) is 12.8 Å². The second-order valence-electron chi connectivity index (χ2n) is 6.68. The number of benzene rings is 3. The molecule has 0 unspecified atom stereocenters. The molecular formula is C23H17N3O5. The Hall–Kier alpha value is -4.46. The topological polar surface area (TPSA) is 127 Å². The normalized spacial score (nSPS) is 11.1. The lowest BCUT2D eigenvalue weighted by molar-refractivity contribution is 0.0692. The van der Waals surface area contributed by atoms with Crippen LogP contribution >= 0.6 is 0 Å². The van der Waals surface area contributed by atoms with Crippen LogP contribution in [0.1, 0.15) is 10.4 Å². The van der Waals surface area contributed by atoms with Crippen molar-refractivity contribution < 1.29 is 19.1 Å². The average molecular weight is 415 g/mol. The molecule has 0 fully saturated rings. The Balaban J connectivity index is 1.66. The molecule has 0 aliphatic carbocycles. The Labute approximate surface area is 176 Å². The van der Waals surface area contributed by atoms with E-state index in [0.717, 1.165) is 11.1 Å². The number of rotatable bonds is 5. The number of carbonyl (C=O) groups is 1. The SMILES string of the molecule is COc1cc2oc(=O)c(C(=O)O)cc2cc1N=Nc1ccc(-c2ccc(N)cc2)cc1. The van der Waals surface area contributed by atoms with Crippen molar-refractivity contribution in [3.63, 3.8) is 0 Å². The van der Waals surface area contributed by atoms with E-state index in [4.69, 9.17) is 20.0 Å². The van der Waals surface area contributed by atoms with E-state index in [9.17, 15) is 9.59 Å². The van der Waals surface area contributed by atoms with Crippen molar-refractivity contribution in [3.05, 3.63) is 82.7 Å². The fraction of sp³-hybridized carbons (Fsp3) is 0.0435. The molecule has 3 aromatic carbocycles. The van der Waals surface area contributed by atoms with Crippen LogP contribution in [-0.2, 0) is 0 Å². The number of anilines is 1. The predicted molar refractivity (Wildman–Crippen MR) is 116 cm³/mol. The van der Waals surface area contributed by atoms with Gasteiger partial charge in [0, 0.05) is 17.1 Å². The Bertz CT molecular complexity index is 1360. The van der Waals surface area contributed by atoms with E-state index in [2.05, 4.69) is 10.2 Å². The quantitative estimate of drug-likeness (QED) is 0.263. The maximum Gasteiger partial charge on any atom is 0.351 e. The van der Waals surface area contributed by atoms with Gasteiger partial charge in [0.1, 0.15) is 22.6 Å². The zero-order valence-corrected chi connectivity index (χ0v) is 16.4. The van der Waals surface area contributed by atoms with Crippen LogP contribution in [-0.4, -0.2) is 18.2 Å². The van der Waals surface area contributed by atoms with E-state index < -0.39 is 17.2 Å². The molecule has 1 heterocycles. The average Bonchev–Trinajstić information content (AvgIpc) is 2.77. The second kappa shape index (κ2) is 8.11. The number of aromatic carboxylic acids is 1. The van der Waals surface area contributed by atoms with Crippen molar-refractivity contribution in [2.24, 2.45) is 10.2 Å². The van der Waals surface area contributed by atoms with Crippen molar-refractivity contribution in [1.29, 1.82) is 0 Å². The molecule has 0 aliphatic rings. The zero-order chi connectivity index (χ0) is 22.0. The monoisotopic (exact) mass is 415 g/mol. The molecule has 0 atom stereocenters. The molecule has 0 aliphatic heterocycles. The fourth-order valence-corrected chi connectivity index (χ4v) is 3.03. The van der Waals surface area contributed by atoms with Crippen LogP contribution in [0.4, 0.5) is 17.1 Å². The lowest BCUT2D eigenvalue weighted by Gasteiger charge is -2.06. The van der Waals surface area contributed by atoms with Gasteiger partial charge in [0.2, 0.25) is 0 Å². The van der Waals surface area contributed by atoms with Gasteiger partial charge >= 0.3 is 11.6 Å². The number of hydrogen-bond donors (Lipinski definition) is 2. The standard InChI is InChI=1S/C23H17N3O5/c1-30-21-12-20-15(10-18(22(27)28)23(29)31-20)11-19(21)26-25-17-8-4-14(5-9-17)13-2-6-16(24)7-3-13/h2-12H,24H2,1H3,(H,27,28). The minimum atomic E-state index is -1.36. The van der Waals surface area contributed by atoms with Gasteiger partial charge in [0.05, 0.1) is 12.8 Å². The number of carboxylic acid groups (broad SMARTS) is 1. The van der Waals surface area contributed by atoms with Crippen molar-refractivity contribution >= 4 is 34.0 Å². The number of ether oxygens (including phenoxy) is 1. The summed E-state index contributed by atoms with van der Waals surface area (Å²) in [4.78, 5) is 23.0. The number of methoxy groups -OCH3 is 1. The Morgan fingerprint density at radius 2 is 1.61 bits per heavy atom. The van der Waals surface area contributed by atoms with Gasteiger partial charge in [0.25, 0.3) is 0 Å². The molecule has 0 amide bonds. The van der Waals surface area contributed by atoms with E-state index in [1.807, 2.05) is 48.5 Å². The molecule has 4 aromatic rings. The summed E-state index contributed by atoms with van der Waals surface area (Å²) in [5.41, 5.74) is 8.25. The third-order valence-electron chi connectivity index (χ3n) is 4.65. The smallest absolute Gasteiger partial charge is 0.351 e. The van der Waals surface area contributed by atoms with E-state index in [1.54, 1.807) is 6.07 Å². The highest BCUT2D eigenvalue weighted by molar-refractivity contribution is 5.93. The summed E-state index contributed by atoms with van der Waals surface area (Å²) < 4.78 is 10.4. The van der Waals surface area contributed by atoms with Crippen LogP contribution in [0.3, 0.4) is 0 Å². The number of azo groups is 1. The zero-order valence-electron chi connectivity index (χ0n) is 16.4. The third-order valence-corrected chi connectivity index (χ3v) is 4.65. The molecule has 4 rings (SSSR count). The van der Waals surface area contributed by atoms with E-state index in [1.165, 1.54) is 19.2 Å². The summed E-state index contributed by atoms with van der Waals surface area (Å²) in [6.07, 6.45) is 0. The van der Waals surface area contributed by atoms with E-state index in [-0.39, 0.29) is 5.58 Å². The van der Waals surface area contributed by atoms with Gasteiger partial charge in [-0.05, 0) is 47.5 Å². The molecule has 0 saturated carbocycles. The van der Waals surface area contributed by atoms with Gasteiger partial charge in [-0.15, -0.1) is 5.11 Å². The van der Waals surface area contributed by atoms with Crippen LogP contribution in [0.25, 0.3) is 22.1 Å². The molecule has 3 N–H and O–H groups in total. The first-order valence-electron chi connectivity index (χ1n) is 9.21. The summed E-state index contributed by atoms with van der Waals surface area (Å²) in [6, 6.07) is 19.3. The largest absolute Gasteiger partial charge is 0.494 e. The minimum absolute atomic E-state index is 0.193. The first kappa shape index (κ1) is 19.8. The highest BCUT2D eigenvalue weighted by Crippen LogP contribution is 2.34. The minimum Gasteiger partial charge on any atom is -0.494 e. The van der Waals surface area contributed by atoms with Gasteiger partial charge in [-0.25, -0.2) is 9.59 Å². The van der Waals surface area contributed by atoms with Crippen LogP contribution in [0.5, 0.6) is 5.75 Å². The summed E-state index contributed by atoms with van der Waals surface area (Å²) in [6.45, 7) is 0. The molecule has 0 saturated heterocycles. The van der Waals surface area contributed by atoms with Gasteiger partial charge in [0.15, 0.2) is 0 Å². The Morgan fingerprint density at radius 1 is 0.968 bits per heavy atom. The second-order valence-corrected chi connectivity index (χ2v) is 6.68. The summed E-state index contributed by atoms with van der Waals surface area (Å²) >= 11 is 0. The van der Waals surface area contributed by atoms with E-state index >= 15 is 0 Å². The van der Waals surface area contributed by atoms with Gasteiger partial charge in [-0.1, -0.05) is 24.3 Å². The van der Waals surface area contributed by atoms with Crippen LogP contribution in [0, 0.1) is 0 Å². The number of hydrogen-bond acceptors (Lipinski definition) is 7. The van der Waals surface area contributed by atoms with Crippen molar-refractivity contribution in [3.8, 4) is 16.9 Å². The maximum atomic E-state index is 11.8. The molecule has 0 spiro atoms. The van der Waals surface area contributed by atoms with Crippen LogP contribution < -0.4 is 16.1 Å². The van der Waals surface area contributed by atoms with Gasteiger partial charge in [-0.2, -0.15) is 5.11 Å². The number of fused-ring (bicyclic) bond motifs is 1. The molecule has 1 aromatic heterocycles. The van der Waals surface area contributed by atoms with Crippen molar-refractivity contribution in [2.45, 2.75) is 0 Å². The lowest BCUT2D eigenvalue weighted by atomic mass is 10.1. The number of carboxylic acids is 1. The lowest BCUT2D eigenvalue weighted by Crippen LogP contribution is -2.12. The number of nitrogen functional groups attached to an aromatic ring is 1. The van der Waals surface area contributed by atoms with Gasteiger partial charge < -0.3 is 20.0 Å². The first-order chi connectivity index (χ1) is 14.9. The van der Waals surface area contributed by atoms with Gasteiger partial charge in [-0.3, -0.25) is 0 Å². The summed E-state index contributed by atoms with van der Waals surface area (Å²) in [5.74, 6) is -1.03. The molecule has 154 valence electrons. The molecule has 0 bridgehead atoms. The Morgan fingerprint density at radius 3 is 2.23 bits per heavy atom. The maximum absolute atomic E-state index is 11.8. The van der Waals surface area contributed by atoms with Crippen molar-refractivity contribution in [1.82, 2.24) is 0 Å². The Kier molecular flexibility index (Phi) is 5.19. The van der Waals surface area contributed by atoms with Crippen LogP contribution in [0.15, 0.2) is 86.2 Å². The first-order valence-corrected chi connectivity index (χ1v) is 9.21. The molecule has 31 heavy (non-hydrogen) atoms. The van der Waals surface area contributed by atoms with E-state index in [0.29, 0.717) is 28.2 Å². The molecule has 8 nitrogen and oxygen atoms in total. The van der Waals surface area contributed by atoms with Crippen LogP contribution in [0.2, 0.25) is 0 Å². The highest BCUT2D eigenvalue weighted by Gasteiger charge is 2.14. The summed E-state index contributed by atoms with van der Waals surface area (Å²) in [7, 11) is 1.45. The highest BCUT2D eigenvalue weighted by atomic mass is 16.5. The predicted octanol–water partition coefficient (Wildman–Crippen LogP) is 5.16. The molecule has 0 radical (unpaired) electrons. The molecular weight excluding hydrogens is 398 g/mol. The third kappa shape index (κ3) is 4.13. The number of nitrogens with zero attached hydrogens (tertiary/aromatic N) is 2. The summed E-state index contributed by atoms with van der Waals surface area (Å²) in [5, 5.41) is 18.0.